The van der Waals surface area contributed by atoms with E-state index in [4.69, 9.17) is 0 Å². The molecule has 1 aliphatic heterocycles. The molecular weight excluding hydrogens is 146 g/mol. The molecule has 0 atom stereocenters. The van der Waals surface area contributed by atoms with E-state index in [0.29, 0.717) is 4.31 Å². The van der Waals surface area contributed by atoms with E-state index < -0.39 is 22.1 Å². The summed E-state index contributed by atoms with van der Waals surface area (Å²) in [6, 6.07) is 0. The molecule has 1 fully saturated rings. The van der Waals surface area contributed by atoms with Crippen LogP contribution in [0.1, 0.15) is 0 Å². The summed E-state index contributed by atoms with van der Waals surface area (Å²) < 4.78 is 25.9. The average Bonchev–Trinajstić information content (AvgIpc) is 1.97. The van der Waals surface area contributed by atoms with E-state index in [0.717, 1.165) is 7.05 Å². The molecule has 52 valence electrons. The van der Waals surface area contributed by atoms with E-state index in [-0.39, 0.29) is 0 Å². The Morgan fingerprint density at radius 2 is 2.22 bits per heavy atom. The molecule has 5 nitrogen and oxygen atoms in total. The normalized spacial score (nSPS) is 24.1. The molecule has 1 amide bonds. The molecule has 9 heavy (non-hydrogen) atoms. The van der Waals surface area contributed by atoms with E-state index in [9.17, 15) is 13.2 Å². The lowest BCUT2D eigenvalue weighted by Gasteiger charge is -1.99. The Hall–Kier alpha value is -0.780. The Bertz CT molecular complexity index is 230. The number of sulfonamides is 1. The molecule has 6 heteroatoms. The third kappa shape index (κ3) is 0.849. The molecule has 0 aromatic carbocycles. The predicted molar refractivity (Wildman–Crippen MR) is 28.0 cm³/mol. The maximum absolute atomic E-state index is 10.6. The summed E-state index contributed by atoms with van der Waals surface area (Å²) in [5.74, 6) is -0.525. The Morgan fingerprint density at radius 1 is 1.67 bits per heavy atom. The van der Waals surface area contributed by atoms with Crippen LogP contribution in [0.5, 0.6) is 0 Å². The smallest absolute Gasteiger partial charge is 0.424 e. The molecule has 0 saturated carbocycles. The third-order valence-corrected chi connectivity index (χ3v) is 2.40. The average molecular weight is 151 g/mol. The van der Waals surface area contributed by atoms with Gasteiger partial charge in [0.1, 0.15) is 0 Å². The lowest BCUT2D eigenvalue weighted by atomic mass is 11.1. The second-order valence-corrected chi connectivity index (χ2v) is 3.55. The van der Waals surface area contributed by atoms with Gasteiger partial charge >= 0.3 is 6.09 Å². The van der Waals surface area contributed by atoms with Crippen LogP contribution in [0.3, 0.4) is 0 Å². The van der Waals surface area contributed by atoms with Gasteiger partial charge in [0.05, 0.1) is 0 Å². The van der Waals surface area contributed by atoms with Crippen LogP contribution in [0, 0.1) is 0 Å². The number of nitrogens with zero attached hydrogens (tertiary/aromatic N) is 1. The first-order chi connectivity index (χ1) is 4.04. The molecular formula is C3H5NO4S. The first-order valence-electron chi connectivity index (χ1n) is 2.17. The fraction of sp³-hybridized carbons (Fsp3) is 0.667. The van der Waals surface area contributed by atoms with Crippen molar-refractivity contribution in [2.24, 2.45) is 0 Å². The maximum Gasteiger partial charge on any atom is 0.424 e. The third-order valence-electron chi connectivity index (χ3n) is 1.01. The highest BCUT2D eigenvalue weighted by molar-refractivity contribution is 7.89. The topological polar surface area (TPSA) is 63.7 Å². The van der Waals surface area contributed by atoms with Crippen molar-refractivity contribution in [3.05, 3.63) is 0 Å². The highest BCUT2D eigenvalue weighted by Gasteiger charge is 2.33. The molecule has 1 rings (SSSR count). The molecule has 1 aliphatic rings. The highest BCUT2D eigenvalue weighted by atomic mass is 32.2. The first kappa shape index (κ1) is 6.34. The highest BCUT2D eigenvalue weighted by Crippen LogP contribution is 2.09. The summed E-state index contributed by atoms with van der Waals surface area (Å²) in [6.07, 6.45) is -0.810. The monoisotopic (exact) mass is 151 g/mol. The fourth-order valence-electron chi connectivity index (χ4n) is 0.408. The summed E-state index contributed by atoms with van der Waals surface area (Å²) in [5, 5.41) is 0. The second kappa shape index (κ2) is 1.60. The largest absolute Gasteiger partial charge is 0.430 e. The van der Waals surface area contributed by atoms with Gasteiger partial charge in [-0.2, -0.15) is 0 Å². The lowest BCUT2D eigenvalue weighted by molar-refractivity contribution is 0.163. The van der Waals surface area contributed by atoms with Gasteiger partial charge in [0.15, 0.2) is 0 Å². The van der Waals surface area contributed by atoms with Gasteiger partial charge in [-0.3, -0.25) is 0 Å². The molecule has 0 N–H and O–H groups in total. The lowest BCUT2D eigenvalue weighted by Crippen LogP contribution is -2.23. The van der Waals surface area contributed by atoms with Gasteiger partial charge in [-0.1, -0.05) is 0 Å². The van der Waals surface area contributed by atoms with Gasteiger partial charge in [0, 0.05) is 7.05 Å². The molecule has 0 bridgehead atoms. The van der Waals surface area contributed by atoms with Gasteiger partial charge in [-0.15, -0.1) is 0 Å². The van der Waals surface area contributed by atoms with E-state index >= 15 is 0 Å². The number of hydrogen-bond acceptors (Lipinski definition) is 4. The van der Waals surface area contributed by atoms with Gasteiger partial charge < -0.3 is 4.74 Å². The number of amides is 1. The molecule has 0 aromatic rings. The molecule has 0 radical (unpaired) electrons. The Balaban J connectivity index is 3.00. The maximum atomic E-state index is 10.6. The summed E-state index contributed by atoms with van der Waals surface area (Å²) in [7, 11) is -2.26. The molecule has 0 spiro atoms. The van der Waals surface area contributed by atoms with Crippen molar-refractivity contribution < 1.29 is 17.9 Å². The van der Waals surface area contributed by atoms with Crippen LogP contribution >= 0.6 is 0 Å². The Kier molecular flexibility index (Phi) is 1.13. The minimum Gasteiger partial charge on any atom is -0.430 e. The Morgan fingerprint density at radius 3 is 2.33 bits per heavy atom. The predicted octanol–water partition coefficient (Wildman–Crippen LogP) is -0.644. The zero-order chi connectivity index (χ0) is 7.07. The first-order valence-corrected chi connectivity index (χ1v) is 3.78. The summed E-state index contributed by atoms with van der Waals surface area (Å²) in [5.41, 5.74) is 0. The van der Waals surface area contributed by atoms with E-state index in [2.05, 4.69) is 4.74 Å². The van der Waals surface area contributed by atoms with Crippen molar-refractivity contribution in [2.75, 3.05) is 13.0 Å². The molecule has 1 saturated heterocycles. The molecule has 0 unspecified atom stereocenters. The number of ether oxygens (including phenoxy) is 1. The van der Waals surface area contributed by atoms with Crippen molar-refractivity contribution >= 4 is 16.1 Å². The molecule has 0 aliphatic carbocycles. The van der Waals surface area contributed by atoms with Crippen molar-refractivity contribution in [1.29, 1.82) is 0 Å². The summed E-state index contributed by atoms with van der Waals surface area (Å²) >= 11 is 0. The van der Waals surface area contributed by atoms with E-state index in [1.54, 1.807) is 0 Å². The van der Waals surface area contributed by atoms with Crippen molar-refractivity contribution in [3.8, 4) is 0 Å². The van der Waals surface area contributed by atoms with Gasteiger partial charge in [-0.05, 0) is 0 Å². The summed E-state index contributed by atoms with van der Waals surface area (Å²) in [4.78, 5) is 10.3. The van der Waals surface area contributed by atoms with Crippen LogP contribution in [0.2, 0.25) is 0 Å². The van der Waals surface area contributed by atoms with Gasteiger partial charge in [0.25, 0.3) is 10.0 Å². The minimum atomic E-state index is -3.41. The van der Waals surface area contributed by atoms with Gasteiger partial charge in [0.2, 0.25) is 5.94 Å². The summed E-state index contributed by atoms with van der Waals surface area (Å²) in [6.45, 7) is 0. The van der Waals surface area contributed by atoms with Crippen molar-refractivity contribution in [3.63, 3.8) is 0 Å². The number of hydrogen-bond donors (Lipinski definition) is 0. The number of carbonyl (C=O) groups is 1. The molecule has 0 aromatic heterocycles. The standard InChI is InChI=1S/C3H5NO4S/c1-4-3(5)8-2-9(4,6)7/h2H2,1H3. The van der Waals surface area contributed by atoms with E-state index in [1.807, 2.05) is 0 Å². The van der Waals surface area contributed by atoms with Crippen LogP contribution in [0.15, 0.2) is 0 Å². The number of cyclic esters (lactones) is 1. The van der Waals surface area contributed by atoms with Crippen LogP contribution < -0.4 is 0 Å². The van der Waals surface area contributed by atoms with Crippen molar-refractivity contribution in [2.45, 2.75) is 0 Å². The van der Waals surface area contributed by atoms with Crippen LogP contribution in [0.25, 0.3) is 0 Å². The number of rotatable bonds is 0. The SMILES string of the molecule is CN1C(=O)OCS1(=O)=O. The second-order valence-electron chi connectivity index (χ2n) is 1.61. The van der Waals surface area contributed by atoms with Crippen LogP contribution in [-0.4, -0.2) is 31.8 Å². The van der Waals surface area contributed by atoms with Crippen LogP contribution in [-0.2, 0) is 14.8 Å². The quantitative estimate of drug-likeness (QED) is 0.461. The fourth-order valence-corrected chi connectivity index (χ4v) is 1.10. The minimum absolute atomic E-state index is 0.525. The zero-order valence-electron chi connectivity index (χ0n) is 4.70. The number of carbonyl (C=O) groups excluding carboxylic acids is 1. The van der Waals surface area contributed by atoms with Crippen LogP contribution in [0.4, 0.5) is 4.79 Å². The van der Waals surface area contributed by atoms with E-state index in [1.165, 1.54) is 0 Å². The van der Waals surface area contributed by atoms with Crippen molar-refractivity contribution in [1.82, 2.24) is 4.31 Å². The molecule has 1 heterocycles. The van der Waals surface area contributed by atoms with Gasteiger partial charge in [-0.25, -0.2) is 17.5 Å². The Labute approximate surface area is 52.3 Å². The zero-order valence-corrected chi connectivity index (χ0v) is 5.51.